The molecule has 0 radical (unpaired) electrons. The first-order chi connectivity index (χ1) is 12.9. The molecule has 0 aliphatic rings. The van der Waals surface area contributed by atoms with E-state index in [1.807, 2.05) is 27.7 Å². The highest BCUT2D eigenvalue weighted by molar-refractivity contribution is 5.92. The Morgan fingerprint density at radius 3 is 2.00 bits per heavy atom. The fraction of sp³-hybridized carbons (Fsp3) is 0.550. The van der Waals surface area contributed by atoms with Crippen molar-refractivity contribution >= 4 is 5.97 Å². The molecule has 7 nitrogen and oxygen atoms in total. The van der Waals surface area contributed by atoms with Crippen LogP contribution in [0.3, 0.4) is 0 Å². The third-order valence-corrected chi connectivity index (χ3v) is 2.69. The van der Waals surface area contributed by atoms with Gasteiger partial charge in [0, 0.05) is 12.6 Å². The van der Waals surface area contributed by atoms with Gasteiger partial charge in [-0.05, 0) is 26.8 Å². The first kappa shape index (κ1) is 29.2. The lowest BCUT2D eigenvalue weighted by molar-refractivity contribution is -0.428. The maximum atomic E-state index is 12.0. The van der Waals surface area contributed by atoms with Crippen LogP contribution in [0.2, 0.25) is 0 Å². The van der Waals surface area contributed by atoms with Crippen molar-refractivity contribution in [2.75, 3.05) is 13.2 Å². The number of rotatable bonds is 10. The van der Waals surface area contributed by atoms with Crippen LogP contribution < -0.4 is 5.32 Å². The van der Waals surface area contributed by atoms with Crippen molar-refractivity contribution in [3.05, 3.63) is 57.8 Å². The summed E-state index contributed by atoms with van der Waals surface area (Å²) in [6.07, 6.45) is 4.76. The van der Waals surface area contributed by atoms with Crippen LogP contribution >= 0.6 is 0 Å². The average molecular weight is 385 g/mol. The van der Waals surface area contributed by atoms with Crippen molar-refractivity contribution in [2.45, 2.75) is 61.8 Å². The summed E-state index contributed by atoms with van der Waals surface area (Å²) in [6, 6.07) is 0. The number of nitro groups is 1. The van der Waals surface area contributed by atoms with Gasteiger partial charge in [-0.3, -0.25) is 10.1 Å². The summed E-state index contributed by atoms with van der Waals surface area (Å²) < 4.78 is 10.2. The van der Waals surface area contributed by atoms with Crippen molar-refractivity contribution < 1.29 is 19.2 Å². The molecular weight excluding hydrogens is 348 g/mol. The van der Waals surface area contributed by atoms with Gasteiger partial charge in [0.1, 0.15) is 17.0 Å². The Bertz CT molecular complexity index is 514. The van der Waals surface area contributed by atoms with Gasteiger partial charge in [-0.15, -0.1) is 0 Å². The minimum Gasteiger partial charge on any atom is -0.494 e. The Kier molecular flexibility index (Phi) is 21.4. The largest absolute Gasteiger partial charge is 0.494 e. The van der Waals surface area contributed by atoms with Crippen LogP contribution in [0.5, 0.6) is 0 Å². The molecule has 0 aliphatic heterocycles. The molecule has 0 aromatic carbocycles. The molecule has 0 saturated heterocycles. The van der Waals surface area contributed by atoms with E-state index in [2.05, 4.69) is 11.9 Å². The summed E-state index contributed by atoms with van der Waals surface area (Å²) in [5, 5.41) is 13.9. The standard InChI is InChI=1S/C16H24N2O5.2C2H6/c1-6-10-14(15(7-2)18(20)21)17-11-13(12(5)22-8-3)16(19)23-9-4;2*1-2/h6,10-11,17H,5,7-9H2,1-4H3;2*1-2H3/b10-6-,13-11-,15-14-;;. The van der Waals surface area contributed by atoms with Gasteiger partial charge in [-0.1, -0.05) is 47.3 Å². The number of esters is 1. The molecule has 0 aromatic rings. The van der Waals surface area contributed by atoms with Crippen molar-refractivity contribution in [2.24, 2.45) is 0 Å². The van der Waals surface area contributed by atoms with E-state index in [0.29, 0.717) is 6.61 Å². The summed E-state index contributed by atoms with van der Waals surface area (Å²) in [7, 11) is 0. The molecule has 0 aliphatic carbocycles. The van der Waals surface area contributed by atoms with Crippen LogP contribution in [0.1, 0.15) is 61.8 Å². The number of ether oxygens (including phenoxy) is 2. The lowest BCUT2D eigenvalue weighted by Gasteiger charge is -2.11. The molecule has 0 amide bonds. The molecule has 0 bridgehead atoms. The maximum absolute atomic E-state index is 12.0. The van der Waals surface area contributed by atoms with Crippen molar-refractivity contribution in [1.82, 2.24) is 5.32 Å². The Morgan fingerprint density at radius 2 is 1.63 bits per heavy atom. The second kappa shape index (κ2) is 19.8. The highest BCUT2D eigenvalue weighted by atomic mass is 16.6. The van der Waals surface area contributed by atoms with Crippen molar-refractivity contribution in [1.29, 1.82) is 0 Å². The molecule has 156 valence electrons. The van der Waals surface area contributed by atoms with Crippen LogP contribution in [-0.2, 0) is 14.3 Å². The summed E-state index contributed by atoms with van der Waals surface area (Å²) in [5.74, 6) is -0.477. The topological polar surface area (TPSA) is 90.7 Å². The zero-order valence-corrected chi connectivity index (χ0v) is 18.0. The average Bonchev–Trinajstić information content (AvgIpc) is 2.66. The van der Waals surface area contributed by atoms with Gasteiger partial charge in [0.2, 0.25) is 0 Å². The number of nitrogens with zero attached hydrogens (tertiary/aromatic N) is 1. The second-order valence-electron chi connectivity index (χ2n) is 4.25. The van der Waals surface area contributed by atoms with Gasteiger partial charge < -0.3 is 14.8 Å². The maximum Gasteiger partial charge on any atom is 0.343 e. The predicted octanol–water partition coefficient (Wildman–Crippen LogP) is 5.10. The van der Waals surface area contributed by atoms with Crippen LogP contribution in [0, 0.1) is 10.1 Å². The highest BCUT2D eigenvalue weighted by Gasteiger charge is 2.18. The number of carbonyl (C=O) groups excluding carboxylic acids is 1. The second-order valence-corrected chi connectivity index (χ2v) is 4.25. The van der Waals surface area contributed by atoms with E-state index in [4.69, 9.17) is 9.47 Å². The molecule has 7 heteroatoms. The smallest absolute Gasteiger partial charge is 0.343 e. The molecule has 0 atom stereocenters. The van der Waals surface area contributed by atoms with E-state index in [0.717, 1.165) is 0 Å². The van der Waals surface area contributed by atoms with Gasteiger partial charge >= 0.3 is 5.97 Å². The number of carbonyl (C=O) groups is 1. The van der Waals surface area contributed by atoms with Gasteiger partial charge in [-0.25, -0.2) is 4.79 Å². The molecule has 0 fully saturated rings. The van der Waals surface area contributed by atoms with Crippen molar-refractivity contribution in [3.63, 3.8) is 0 Å². The quantitative estimate of drug-likeness (QED) is 0.141. The molecular formula is C20H36N2O5. The van der Waals surface area contributed by atoms with E-state index >= 15 is 0 Å². The number of allylic oxidation sites excluding steroid dienone is 3. The van der Waals surface area contributed by atoms with Crippen LogP contribution in [-0.4, -0.2) is 24.1 Å². The van der Waals surface area contributed by atoms with Crippen LogP contribution in [0.4, 0.5) is 0 Å². The number of hydrogen-bond donors (Lipinski definition) is 1. The summed E-state index contributed by atoms with van der Waals surface area (Å²) >= 11 is 0. The zero-order chi connectivity index (χ0) is 21.8. The van der Waals surface area contributed by atoms with Gasteiger partial charge in [0.25, 0.3) is 5.70 Å². The summed E-state index contributed by atoms with van der Waals surface area (Å²) in [4.78, 5) is 22.6. The first-order valence-electron chi connectivity index (χ1n) is 9.38. The predicted molar refractivity (Wildman–Crippen MR) is 110 cm³/mol. The Labute approximate surface area is 164 Å². The van der Waals surface area contributed by atoms with Gasteiger partial charge in [0.15, 0.2) is 0 Å². The van der Waals surface area contributed by atoms with E-state index in [-0.39, 0.29) is 35.8 Å². The fourth-order valence-corrected chi connectivity index (χ4v) is 1.68. The Balaban J connectivity index is -0.00000134. The number of nitrogens with one attached hydrogen (secondary N) is 1. The lowest BCUT2D eigenvalue weighted by Crippen LogP contribution is -2.17. The van der Waals surface area contributed by atoms with Gasteiger partial charge in [-0.2, -0.15) is 0 Å². The number of hydrogen-bond acceptors (Lipinski definition) is 6. The Morgan fingerprint density at radius 1 is 1.11 bits per heavy atom. The normalized spacial score (nSPS) is 11.2. The SMILES string of the molecule is C=C(OCC)/C(=C/NC(/C=C\C)=C(/CC)[N+](=O)[O-])C(=O)OCC.CC.CC. The third kappa shape index (κ3) is 12.4. The first-order valence-corrected chi connectivity index (χ1v) is 9.38. The third-order valence-electron chi connectivity index (χ3n) is 2.69. The minimum atomic E-state index is -0.613. The molecule has 0 rings (SSSR count). The summed E-state index contributed by atoms with van der Waals surface area (Å²) in [5.41, 5.74) is 0.366. The lowest BCUT2D eigenvalue weighted by atomic mass is 10.2. The fourth-order valence-electron chi connectivity index (χ4n) is 1.68. The molecule has 0 heterocycles. The molecule has 1 N–H and O–H groups in total. The minimum absolute atomic E-state index is 0.00424. The monoisotopic (exact) mass is 384 g/mol. The van der Waals surface area contributed by atoms with E-state index in [1.54, 1.807) is 39.8 Å². The highest BCUT2D eigenvalue weighted by Crippen LogP contribution is 2.13. The van der Waals surface area contributed by atoms with E-state index < -0.39 is 10.9 Å². The summed E-state index contributed by atoms with van der Waals surface area (Å²) in [6.45, 7) is 19.1. The van der Waals surface area contributed by atoms with Crippen LogP contribution in [0.15, 0.2) is 47.7 Å². The van der Waals surface area contributed by atoms with Crippen molar-refractivity contribution in [3.8, 4) is 0 Å². The van der Waals surface area contributed by atoms with E-state index in [9.17, 15) is 14.9 Å². The zero-order valence-electron chi connectivity index (χ0n) is 18.0. The Hall–Kier alpha value is -2.57. The molecule has 0 saturated carbocycles. The van der Waals surface area contributed by atoms with E-state index in [1.165, 1.54) is 6.20 Å². The van der Waals surface area contributed by atoms with Gasteiger partial charge in [0.05, 0.1) is 18.1 Å². The molecule has 27 heavy (non-hydrogen) atoms. The molecule has 0 spiro atoms. The van der Waals surface area contributed by atoms with Crippen LogP contribution in [0.25, 0.3) is 0 Å². The molecule has 0 unspecified atom stereocenters. The molecule has 0 aromatic heterocycles.